The van der Waals surface area contributed by atoms with Crippen LogP contribution in [0, 0.1) is 23.7 Å². The SMILES string of the molecule is COc1c(CCN)cnn1C1C2CC3CC(C2)CC1C3. The van der Waals surface area contributed by atoms with Gasteiger partial charge in [0.2, 0.25) is 5.88 Å². The highest BCUT2D eigenvalue weighted by Gasteiger charge is 2.49. The zero-order chi connectivity index (χ0) is 13.7. The number of methoxy groups -OCH3 is 1. The van der Waals surface area contributed by atoms with Crippen molar-refractivity contribution in [3.63, 3.8) is 0 Å². The quantitative estimate of drug-likeness (QED) is 0.918. The van der Waals surface area contributed by atoms with E-state index in [4.69, 9.17) is 10.5 Å². The van der Waals surface area contributed by atoms with Gasteiger partial charge in [-0.05, 0) is 68.7 Å². The third kappa shape index (κ3) is 1.80. The van der Waals surface area contributed by atoms with Crippen LogP contribution in [0.2, 0.25) is 0 Å². The van der Waals surface area contributed by atoms with Gasteiger partial charge in [-0.25, -0.2) is 4.68 Å². The van der Waals surface area contributed by atoms with Crippen molar-refractivity contribution in [3.8, 4) is 5.88 Å². The average molecular weight is 275 g/mol. The van der Waals surface area contributed by atoms with Gasteiger partial charge in [0.15, 0.2) is 0 Å². The second kappa shape index (κ2) is 4.76. The Morgan fingerprint density at radius 3 is 2.40 bits per heavy atom. The van der Waals surface area contributed by atoms with Crippen molar-refractivity contribution >= 4 is 0 Å². The minimum atomic E-state index is 0.573. The van der Waals surface area contributed by atoms with Gasteiger partial charge in [0, 0.05) is 5.56 Å². The first kappa shape index (κ1) is 12.7. The van der Waals surface area contributed by atoms with Gasteiger partial charge in [-0.1, -0.05) is 0 Å². The first-order valence-corrected chi connectivity index (χ1v) is 8.10. The van der Waals surface area contributed by atoms with E-state index in [0.717, 1.165) is 36.0 Å². The number of nitrogens with zero attached hydrogens (tertiary/aromatic N) is 2. The molecule has 110 valence electrons. The van der Waals surface area contributed by atoms with Crippen LogP contribution in [0.4, 0.5) is 0 Å². The predicted molar refractivity (Wildman–Crippen MR) is 77.6 cm³/mol. The van der Waals surface area contributed by atoms with Crippen LogP contribution in [0.25, 0.3) is 0 Å². The third-order valence-corrected chi connectivity index (χ3v) is 5.89. The lowest BCUT2D eigenvalue weighted by atomic mass is 9.54. The van der Waals surface area contributed by atoms with Crippen LogP contribution in [0.3, 0.4) is 0 Å². The molecule has 0 radical (unpaired) electrons. The number of aromatic nitrogens is 2. The summed E-state index contributed by atoms with van der Waals surface area (Å²) in [6.07, 6.45) is 9.96. The number of rotatable bonds is 4. The maximum atomic E-state index is 5.70. The second-order valence-corrected chi connectivity index (χ2v) is 7.08. The fourth-order valence-electron chi connectivity index (χ4n) is 5.45. The Morgan fingerprint density at radius 2 is 1.85 bits per heavy atom. The average Bonchev–Trinajstić information content (AvgIpc) is 2.81. The Hall–Kier alpha value is -1.03. The second-order valence-electron chi connectivity index (χ2n) is 7.08. The number of hydrogen-bond acceptors (Lipinski definition) is 3. The molecule has 0 aromatic carbocycles. The molecular weight excluding hydrogens is 250 g/mol. The van der Waals surface area contributed by atoms with E-state index < -0.39 is 0 Å². The molecule has 4 nitrogen and oxygen atoms in total. The number of hydrogen-bond donors (Lipinski definition) is 1. The summed E-state index contributed by atoms with van der Waals surface area (Å²) in [6, 6.07) is 0.573. The van der Waals surface area contributed by atoms with Gasteiger partial charge >= 0.3 is 0 Å². The summed E-state index contributed by atoms with van der Waals surface area (Å²) in [4.78, 5) is 0. The number of ether oxygens (including phenoxy) is 1. The highest BCUT2D eigenvalue weighted by Crippen LogP contribution is 2.58. The summed E-state index contributed by atoms with van der Waals surface area (Å²) >= 11 is 0. The van der Waals surface area contributed by atoms with Crippen LogP contribution in [-0.4, -0.2) is 23.4 Å². The summed E-state index contributed by atoms with van der Waals surface area (Å²) in [5.74, 6) is 4.61. The van der Waals surface area contributed by atoms with Gasteiger partial charge in [-0.2, -0.15) is 5.10 Å². The summed E-state index contributed by atoms with van der Waals surface area (Å²) < 4.78 is 7.88. The molecule has 0 aliphatic heterocycles. The van der Waals surface area contributed by atoms with Crippen LogP contribution >= 0.6 is 0 Å². The molecule has 0 spiro atoms. The van der Waals surface area contributed by atoms with E-state index in [1.807, 2.05) is 6.20 Å². The van der Waals surface area contributed by atoms with Crippen LogP contribution in [0.15, 0.2) is 6.20 Å². The zero-order valence-electron chi connectivity index (χ0n) is 12.3. The van der Waals surface area contributed by atoms with Gasteiger partial charge in [0.05, 0.1) is 19.3 Å². The van der Waals surface area contributed by atoms with Crippen molar-refractivity contribution < 1.29 is 4.74 Å². The highest BCUT2D eigenvalue weighted by molar-refractivity contribution is 5.26. The van der Waals surface area contributed by atoms with E-state index in [-0.39, 0.29) is 0 Å². The standard InChI is InChI=1S/C16H25N3O/c1-20-16-12(2-3-17)9-18-19(16)15-13-5-10-4-11(7-13)8-14(15)6-10/h9-11,13-15H,2-8,17H2,1H3. The summed E-state index contributed by atoms with van der Waals surface area (Å²) in [5.41, 5.74) is 6.87. The first-order chi connectivity index (χ1) is 9.80. The topological polar surface area (TPSA) is 53.1 Å². The normalized spacial score (nSPS) is 38.4. The Labute approximate surface area is 120 Å². The largest absolute Gasteiger partial charge is 0.481 e. The maximum Gasteiger partial charge on any atom is 0.215 e. The maximum absolute atomic E-state index is 5.70. The van der Waals surface area contributed by atoms with Crippen molar-refractivity contribution in [3.05, 3.63) is 11.8 Å². The molecule has 1 aromatic rings. The van der Waals surface area contributed by atoms with E-state index in [1.54, 1.807) is 7.11 Å². The fraction of sp³-hybridized carbons (Fsp3) is 0.812. The molecule has 0 atom stereocenters. The molecule has 0 unspecified atom stereocenters. The molecule has 4 heteroatoms. The molecule has 4 bridgehead atoms. The molecule has 4 saturated carbocycles. The van der Waals surface area contributed by atoms with Crippen molar-refractivity contribution in [1.29, 1.82) is 0 Å². The predicted octanol–water partition coefficient (Wildman–Crippen LogP) is 2.39. The lowest BCUT2D eigenvalue weighted by Crippen LogP contribution is -2.46. The van der Waals surface area contributed by atoms with Crippen LogP contribution in [0.5, 0.6) is 5.88 Å². The zero-order valence-corrected chi connectivity index (χ0v) is 12.3. The van der Waals surface area contributed by atoms with E-state index in [0.29, 0.717) is 12.6 Å². The summed E-state index contributed by atoms with van der Waals surface area (Å²) in [7, 11) is 1.77. The lowest BCUT2D eigenvalue weighted by molar-refractivity contribution is -0.0360. The van der Waals surface area contributed by atoms with Crippen molar-refractivity contribution in [2.24, 2.45) is 29.4 Å². The van der Waals surface area contributed by atoms with E-state index in [1.165, 1.54) is 37.7 Å². The molecule has 20 heavy (non-hydrogen) atoms. The van der Waals surface area contributed by atoms with E-state index in [9.17, 15) is 0 Å². The molecule has 1 heterocycles. The fourth-order valence-corrected chi connectivity index (χ4v) is 5.45. The lowest BCUT2D eigenvalue weighted by Gasteiger charge is -2.54. The Balaban J connectivity index is 1.67. The monoisotopic (exact) mass is 275 g/mol. The smallest absolute Gasteiger partial charge is 0.215 e. The Bertz CT molecular complexity index is 468. The van der Waals surface area contributed by atoms with Gasteiger partial charge in [0.25, 0.3) is 0 Å². The molecule has 0 saturated heterocycles. The van der Waals surface area contributed by atoms with E-state index >= 15 is 0 Å². The molecule has 1 aromatic heterocycles. The third-order valence-electron chi connectivity index (χ3n) is 5.89. The highest BCUT2D eigenvalue weighted by atomic mass is 16.5. The van der Waals surface area contributed by atoms with E-state index in [2.05, 4.69) is 9.78 Å². The van der Waals surface area contributed by atoms with Gasteiger partial charge in [-0.3, -0.25) is 0 Å². The van der Waals surface area contributed by atoms with Crippen LogP contribution < -0.4 is 10.5 Å². The Kier molecular flexibility index (Phi) is 3.02. The molecule has 2 N–H and O–H groups in total. The molecule has 5 rings (SSSR count). The Morgan fingerprint density at radius 1 is 1.20 bits per heavy atom. The summed E-state index contributed by atoms with van der Waals surface area (Å²) in [6.45, 7) is 0.656. The molecule has 4 fully saturated rings. The van der Waals surface area contributed by atoms with Gasteiger partial charge in [0.1, 0.15) is 0 Å². The van der Waals surface area contributed by atoms with Gasteiger partial charge < -0.3 is 10.5 Å². The first-order valence-electron chi connectivity index (χ1n) is 8.10. The van der Waals surface area contributed by atoms with Crippen molar-refractivity contribution in [1.82, 2.24) is 9.78 Å². The van der Waals surface area contributed by atoms with Crippen LogP contribution in [0.1, 0.15) is 43.7 Å². The molecular formula is C16H25N3O. The number of nitrogens with two attached hydrogens (primary N) is 1. The molecule has 0 amide bonds. The van der Waals surface area contributed by atoms with Crippen molar-refractivity contribution in [2.45, 2.75) is 44.6 Å². The molecule has 4 aliphatic rings. The molecule has 4 aliphatic carbocycles. The van der Waals surface area contributed by atoms with Crippen LogP contribution in [-0.2, 0) is 6.42 Å². The summed E-state index contributed by atoms with van der Waals surface area (Å²) in [5, 5.41) is 4.69. The minimum Gasteiger partial charge on any atom is -0.481 e. The van der Waals surface area contributed by atoms with Gasteiger partial charge in [-0.15, -0.1) is 0 Å². The van der Waals surface area contributed by atoms with Crippen molar-refractivity contribution in [2.75, 3.05) is 13.7 Å². The minimum absolute atomic E-state index is 0.573.